The van der Waals surface area contributed by atoms with Crippen molar-refractivity contribution in [2.45, 2.75) is 37.8 Å². The fourth-order valence-electron chi connectivity index (χ4n) is 3.66. The fourth-order valence-corrected chi connectivity index (χ4v) is 3.66. The van der Waals surface area contributed by atoms with E-state index in [1.807, 2.05) is 4.90 Å². The maximum Gasteiger partial charge on any atom is 0.317 e. The van der Waals surface area contributed by atoms with Gasteiger partial charge in [-0.25, -0.2) is 4.79 Å². The number of carbonyl (C=O) groups is 1. The van der Waals surface area contributed by atoms with Gasteiger partial charge < -0.3 is 10.2 Å². The third-order valence-corrected chi connectivity index (χ3v) is 5.04. The number of carbonyl (C=O) groups excluding carboxylic acids is 1. The van der Waals surface area contributed by atoms with Crippen LogP contribution in [0.1, 0.15) is 24.0 Å². The second-order valence-corrected chi connectivity index (χ2v) is 6.58. The number of nitrogens with zero attached hydrogens (tertiary/aromatic N) is 2. The highest BCUT2D eigenvalue weighted by Crippen LogP contribution is 2.27. The summed E-state index contributed by atoms with van der Waals surface area (Å²) in [6, 6.07) is 9.74. The largest absolute Gasteiger partial charge is 0.335 e. The van der Waals surface area contributed by atoms with Gasteiger partial charge in [-0.3, -0.25) is 4.90 Å². The van der Waals surface area contributed by atoms with Gasteiger partial charge in [-0.2, -0.15) is 0 Å². The van der Waals surface area contributed by atoms with Crippen LogP contribution >= 0.6 is 0 Å². The summed E-state index contributed by atoms with van der Waals surface area (Å²) in [6.07, 6.45) is 4.66. The summed E-state index contributed by atoms with van der Waals surface area (Å²) in [5, 5.41) is 3.22. The van der Waals surface area contributed by atoms with E-state index in [2.05, 4.69) is 34.5 Å². The molecule has 1 aromatic rings. The molecule has 3 aliphatic rings. The van der Waals surface area contributed by atoms with Crippen molar-refractivity contribution in [3.63, 3.8) is 0 Å². The molecule has 2 fully saturated rings. The van der Waals surface area contributed by atoms with Crippen molar-refractivity contribution in [2.75, 3.05) is 26.2 Å². The summed E-state index contributed by atoms with van der Waals surface area (Å²) in [5.41, 5.74) is 2.78. The molecule has 4 nitrogen and oxygen atoms in total. The van der Waals surface area contributed by atoms with Crippen molar-refractivity contribution < 1.29 is 4.79 Å². The molecule has 4 heteroatoms. The van der Waals surface area contributed by atoms with Crippen LogP contribution < -0.4 is 5.32 Å². The highest BCUT2D eigenvalue weighted by Gasteiger charge is 2.33. The number of hydrogen-bond acceptors (Lipinski definition) is 2. The Morgan fingerprint density at radius 2 is 1.62 bits per heavy atom. The van der Waals surface area contributed by atoms with Crippen molar-refractivity contribution in [1.29, 1.82) is 0 Å². The quantitative estimate of drug-likeness (QED) is 0.897. The van der Waals surface area contributed by atoms with Gasteiger partial charge in [0, 0.05) is 38.3 Å². The van der Waals surface area contributed by atoms with Crippen LogP contribution in [0, 0.1) is 0 Å². The molecule has 0 spiro atoms. The van der Waals surface area contributed by atoms with Crippen molar-refractivity contribution in [1.82, 2.24) is 15.1 Å². The first-order valence-corrected chi connectivity index (χ1v) is 8.16. The number of urea groups is 1. The summed E-state index contributed by atoms with van der Waals surface area (Å²) < 4.78 is 0. The van der Waals surface area contributed by atoms with Gasteiger partial charge in [-0.1, -0.05) is 24.3 Å². The first kappa shape index (κ1) is 13.1. The average Bonchev–Trinajstić information content (AvgIpc) is 3.27. The van der Waals surface area contributed by atoms with Crippen LogP contribution in [0.5, 0.6) is 0 Å². The number of hydrogen-bond donors (Lipinski definition) is 1. The van der Waals surface area contributed by atoms with E-state index in [0.29, 0.717) is 0 Å². The smallest absolute Gasteiger partial charge is 0.317 e. The van der Waals surface area contributed by atoms with Gasteiger partial charge in [0.2, 0.25) is 0 Å². The van der Waals surface area contributed by atoms with Gasteiger partial charge in [0.15, 0.2) is 0 Å². The molecule has 1 aliphatic heterocycles. The van der Waals surface area contributed by atoms with Crippen LogP contribution in [0.3, 0.4) is 0 Å². The van der Waals surface area contributed by atoms with Crippen LogP contribution in [0.2, 0.25) is 0 Å². The first-order valence-electron chi connectivity index (χ1n) is 8.16. The molecule has 1 N–H and O–H groups in total. The maximum atomic E-state index is 12.4. The molecule has 0 bridgehead atoms. The maximum absolute atomic E-state index is 12.4. The van der Waals surface area contributed by atoms with E-state index in [1.54, 1.807) is 0 Å². The zero-order valence-corrected chi connectivity index (χ0v) is 12.4. The van der Waals surface area contributed by atoms with Crippen LogP contribution in [0.25, 0.3) is 0 Å². The van der Waals surface area contributed by atoms with E-state index in [1.165, 1.54) is 24.0 Å². The number of nitrogens with one attached hydrogen (secondary N) is 1. The van der Waals surface area contributed by atoms with Gasteiger partial charge >= 0.3 is 6.03 Å². The topological polar surface area (TPSA) is 35.6 Å². The second-order valence-electron chi connectivity index (χ2n) is 6.58. The van der Waals surface area contributed by atoms with E-state index >= 15 is 0 Å². The second kappa shape index (κ2) is 5.34. The standard InChI is InChI=1S/C17H23N3O/c21-17(20-9-7-19(8-10-20)16-5-6-16)18-15-11-13-3-1-2-4-14(13)12-15/h1-4,15-16H,5-12H2,(H,18,21). The molecule has 1 heterocycles. The molecule has 21 heavy (non-hydrogen) atoms. The van der Waals surface area contributed by atoms with Gasteiger partial charge in [-0.05, 0) is 36.8 Å². The molecule has 2 amide bonds. The van der Waals surface area contributed by atoms with Gasteiger partial charge in [0.1, 0.15) is 0 Å². The average molecular weight is 285 g/mol. The summed E-state index contributed by atoms with van der Waals surface area (Å²) in [5.74, 6) is 0. The van der Waals surface area contributed by atoms with E-state index in [-0.39, 0.29) is 12.1 Å². The molecule has 0 aromatic heterocycles. The Hall–Kier alpha value is -1.55. The minimum Gasteiger partial charge on any atom is -0.335 e. The molecule has 0 unspecified atom stereocenters. The van der Waals surface area contributed by atoms with Crippen LogP contribution in [0.15, 0.2) is 24.3 Å². The molecule has 1 saturated heterocycles. The number of piperazine rings is 1. The number of rotatable bonds is 2. The van der Waals surface area contributed by atoms with Gasteiger partial charge in [0.05, 0.1) is 0 Å². The van der Waals surface area contributed by atoms with Crippen LogP contribution in [-0.2, 0) is 12.8 Å². The van der Waals surface area contributed by atoms with Gasteiger partial charge in [0.25, 0.3) is 0 Å². The summed E-state index contributed by atoms with van der Waals surface area (Å²) >= 11 is 0. The monoisotopic (exact) mass is 285 g/mol. The normalized spacial score (nSPS) is 23.1. The zero-order chi connectivity index (χ0) is 14.2. The molecule has 2 aliphatic carbocycles. The molecule has 0 radical (unpaired) electrons. The number of fused-ring (bicyclic) bond motifs is 1. The highest BCUT2D eigenvalue weighted by atomic mass is 16.2. The Morgan fingerprint density at radius 1 is 1.00 bits per heavy atom. The van der Waals surface area contributed by atoms with E-state index in [4.69, 9.17) is 0 Å². The Kier molecular flexibility index (Phi) is 3.34. The Morgan fingerprint density at radius 3 is 2.19 bits per heavy atom. The lowest BCUT2D eigenvalue weighted by Gasteiger charge is -2.35. The van der Waals surface area contributed by atoms with Crippen molar-refractivity contribution in [2.24, 2.45) is 0 Å². The van der Waals surface area contributed by atoms with Crippen molar-refractivity contribution >= 4 is 6.03 Å². The van der Waals surface area contributed by atoms with Crippen LogP contribution in [-0.4, -0.2) is 54.1 Å². The molecule has 0 atom stereocenters. The van der Waals surface area contributed by atoms with Crippen molar-refractivity contribution in [3.05, 3.63) is 35.4 Å². The molecule has 1 saturated carbocycles. The number of benzene rings is 1. The summed E-state index contributed by atoms with van der Waals surface area (Å²) in [4.78, 5) is 16.9. The van der Waals surface area contributed by atoms with E-state index < -0.39 is 0 Å². The predicted octanol–water partition coefficient (Wildman–Crippen LogP) is 1.64. The minimum absolute atomic E-state index is 0.128. The highest BCUT2D eigenvalue weighted by molar-refractivity contribution is 5.75. The first-order chi connectivity index (χ1) is 10.3. The zero-order valence-electron chi connectivity index (χ0n) is 12.4. The number of amides is 2. The fraction of sp³-hybridized carbons (Fsp3) is 0.588. The molecular formula is C17H23N3O. The minimum atomic E-state index is 0.128. The van der Waals surface area contributed by atoms with Gasteiger partial charge in [-0.15, -0.1) is 0 Å². The Balaban J connectivity index is 1.29. The third-order valence-electron chi connectivity index (χ3n) is 5.04. The Labute approximate surface area is 126 Å². The molecule has 4 rings (SSSR count). The SMILES string of the molecule is O=C(NC1Cc2ccccc2C1)N1CCN(C2CC2)CC1. The Bertz CT molecular complexity index is 508. The lowest BCUT2D eigenvalue weighted by atomic mass is 10.1. The van der Waals surface area contributed by atoms with Crippen molar-refractivity contribution in [3.8, 4) is 0 Å². The predicted molar refractivity (Wildman–Crippen MR) is 82.3 cm³/mol. The lowest BCUT2D eigenvalue weighted by Crippen LogP contribution is -2.54. The molecule has 112 valence electrons. The van der Waals surface area contributed by atoms with E-state index in [0.717, 1.165) is 45.1 Å². The summed E-state index contributed by atoms with van der Waals surface area (Å²) in [7, 11) is 0. The lowest BCUT2D eigenvalue weighted by molar-refractivity contribution is 0.133. The molecular weight excluding hydrogens is 262 g/mol. The third kappa shape index (κ3) is 2.77. The van der Waals surface area contributed by atoms with Crippen LogP contribution in [0.4, 0.5) is 4.79 Å². The van der Waals surface area contributed by atoms with E-state index in [9.17, 15) is 4.79 Å². The molecule has 1 aromatic carbocycles. The summed E-state index contributed by atoms with van der Waals surface area (Å²) in [6.45, 7) is 3.84.